The van der Waals surface area contributed by atoms with Crippen molar-refractivity contribution < 1.29 is 9.53 Å². The van der Waals surface area contributed by atoms with Crippen molar-refractivity contribution in [3.8, 4) is 5.69 Å². The predicted octanol–water partition coefficient (Wildman–Crippen LogP) is 3.82. The highest BCUT2D eigenvalue weighted by Crippen LogP contribution is 2.27. The third-order valence-electron chi connectivity index (χ3n) is 3.37. The molecule has 128 valence electrons. The molecule has 0 aliphatic carbocycles. The number of nitrogens with zero attached hydrogens (tertiary/aromatic N) is 3. The average Bonchev–Trinajstić information content (AvgIpc) is 3.08. The van der Waals surface area contributed by atoms with Crippen LogP contribution in [0.25, 0.3) is 5.69 Å². The van der Waals surface area contributed by atoms with E-state index >= 15 is 0 Å². The van der Waals surface area contributed by atoms with Crippen molar-refractivity contribution in [3.63, 3.8) is 0 Å². The van der Waals surface area contributed by atoms with Gasteiger partial charge >= 0.3 is 5.97 Å². The summed E-state index contributed by atoms with van der Waals surface area (Å²) in [5, 5.41) is 9.28. The number of para-hydroxylation sites is 1. The van der Waals surface area contributed by atoms with E-state index in [1.807, 2.05) is 53.1 Å². The third-order valence-corrected chi connectivity index (χ3v) is 5.28. The molecule has 2 aromatic carbocycles. The summed E-state index contributed by atoms with van der Waals surface area (Å²) in [6.45, 7) is 0. The molecular weight excluding hydrogens is 354 g/mol. The maximum Gasteiger partial charge on any atom is 0.316 e. The number of aromatic nitrogens is 3. The van der Waals surface area contributed by atoms with Crippen LogP contribution in [0.15, 0.2) is 70.7 Å². The van der Waals surface area contributed by atoms with E-state index in [0.717, 1.165) is 11.5 Å². The van der Waals surface area contributed by atoms with E-state index in [1.165, 1.54) is 23.8 Å². The predicted molar refractivity (Wildman–Crippen MR) is 100 cm³/mol. The Hall–Kier alpha value is -2.25. The monoisotopic (exact) mass is 371 g/mol. The quantitative estimate of drug-likeness (QED) is 0.465. The van der Waals surface area contributed by atoms with Gasteiger partial charge in [-0.2, -0.15) is 0 Å². The Bertz CT molecular complexity index is 823. The molecule has 3 aromatic rings. The number of benzene rings is 2. The van der Waals surface area contributed by atoms with E-state index in [1.54, 1.807) is 11.8 Å². The Labute approximate surface area is 154 Å². The molecule has 1 heterocycles. The van der Waals surface area contributed by atoms with Gasteiger partial charge in [-0.05, 0) is 24.3 Å². The molecule has 0 unspecified atom stereocenters. The van der Waals surface area contributed by atoms with E-state index in [4.69, 9.17) is 4.74 Å². The number of thioether (sulfide) groups is 2. The summed E-state index contributed by atoms with van der Waals surface area (Å²) in [5.41, 5.74) is 0.975. The number of ether oxygens (including phenoxy) is 1. The Morgan fingerprint density at radius 1 is 1.00 bits per heavy atom. The largest absolute Gasteiger partial charge is 0.468 e. The van der Waals surface area contributed by atoms with Crippen molar-refractivity contribution in [1.29, 1.82) is 0 Å². The maximum absolute atomic E-state index is 11.4. The number of hydrogen-bond acceptors (Lipinski definition) is 6. The average molecular weight is 371 g/mol. The first-order valence-corrected chi connectivity index (χ1v) is 9.62. The number of rotatable bonds is 7. The number of hydrogen-bond donors (Lipinski definition) is 0. The van der Waals surface area contributed by atoms with Gasteiger partial charge < -0.3 is 4.74 Å². The second-order valence-electron chi connectivity index (χ2n) is 5.04. The van der Waals surface area contributed by atoms with Crippen LogP contribution in [-0.4, -0.2) is 33.6 Å². The standard InChI is InChI=1S/C18H17N3O2S2/c1-23-17(22)13-25-18-20-19-16(12-24-15-10-6-3-7-11-15)21(18)14-8-4-2-5-9-14/h2-11H,12-13H2,1H3. The van der Waals surface area contributed by atoms with Crippen LogP contribution >= 0.6 is 23.5 Å². The smallest absolute Gasteiger partial charge is 0.316 e. The zero-order chi connectivity index (χ0) is 17.5. The fraction of sp³-hybridized carbons (Fsp3) is 0.167. The summed E-state index contributed by atoms with van der Waals surface area (Å²) in [4.78, 5) is 12.6. The van der Waals surface area contributed by atoms with Crippen molar-refractivity contribution in [3.05, 3.63) is 66.5 Å². The van der Waals surface area contributed by atoms with E-state index in [9.17, 15) is 4.79 Å². The summed E-state index contributed by atoms with van der Waals surface area (Å²) < 4.78 is 6.70. The highest BCUT2D eigenvalue weighted by atomic mass is 32.2. The molecule has 5 nitrogen and oxygen atoms in total. The number of methoxy groups -OCH3 is 1. The molecule has 0 saturated carbocycles. The second kappa shape index (κ2) is 8.73. The first-order chi connectivity index (χ1) is 12.3. The van der Waals surface area contributed by atoms with Crippen molar-refractivity contribution in [2.24, 2.45) is 0 Å². The fourth-order valence-electron chi connectivity index (χ4n) is 2.17. The molecule has 0 amide bonds. The molecule has 0 bridgehead atoms. The van der Waals surface area contributed by atoms with E-state index < -0.39 is 0 Å². The zero-order valence-corrected chi connectivity index (χ0v) is 15.3. The van der Waals surface area contributed by atoms with Crippen LogP contribution < -0.4 is 0 Å². The van der Waals surface area contributed by atoms with Crippen LogP contribution in [0.5, 0.6) is 0 Å². The van der Waals surface area contributed by atoms with Crippen LogP contribution in [-0.2, 0) is 15.3 Å². The highest BCUT2D eigenvalue weighted by Gasteiger charge is 2.16. The van der Waals surface area contributed by atoms with Crippen LogP contribution in [0.1, 0.15) is 5.82 Å². The molecule has 1 aromatic heterocycles. The van der Waals surface area contributed by atoms with Crippen molar-refractivity contribution >= 4 is 29.5 Å². The van der Waals surface area contributed by atoms with Crippen molar-refractivity contribution in [2.45, 2.75) is 15.8 Å². The molecular formula is C18H17N3O2S2. The van der Waals surface area contributed by atoms with Gasteiger partial charge in [0.05, 0.1) is 18.6 Å². The maximum atomic E-state index is 11.4. The third kappa shape index (κ3) is 4.64. The summed E-state index contributed by atoms with van der Waals surface area (Å²) in [5.74, 6) is 1.44. The molecule has 25 heavy (non-hydrogen) atoms. The molecule has 0 fully saturated rings. The molecule has 0 spiro atoms. The fourth-order valence-corrected chi connectivity index (χ4v) is 3.81. The summed E-state index contributed by atoms with van der Waals surface area (Å²) >= 11 is 3.02. The van der Waals surface area contributed by atoms with Crippen molar-refractivity contribution in [2.75, 3.05) is 12.9 Å². The summed E-state index contributed by atoms with van der Waals surface area (Å²) in [7, 11) is 1.38. The van der Waals surface area contributed by atoms with Gasteiger partial charge in [0.1, 0.15) is 5.82 Å². The Morgan fingerprint density at radius 3 is 2.36 bits per heavy atom. The Kier molecular flexibility index (Phi) is 6.14. The molecule has 0 aliphatic rings. The molecule has 0 saturated heterocycles. The lowest BCUT2D eigenvalue weighted by atomic mass is 10.3. The van der Waals surface area contributed by atoms with Crippen LogP contribution in [0, 0.1) is 0 Å². The summed E-state index contributed by atoms with van der Waals surface area (Å²) in [6.07, 6.45) is 0. The Balaban J connectivity index is 1.84. The molecule has 0 N–H and O–H groups in total. The van der Waals surface area contributed by atoms with Gasteiger partial charge in [-0.15, -0.1) is 22.0 Å². The minimum atomic E-state index is -0.284. The van der Waals surface area contributed by atoms with E-state index in [-0.39, 0.29) is 11.7 Å². The van der Waals surface area contributed by atoms with Gasteiger partial charge in [-0.25, -0.2) is 0 Å². The van der Waals surface area contributed by atoms with Gasteiger partial charge in [0.25, 0.3) is 0 Å². The zero-order valence-electron chi connectivity index (χ0n) is 13.7. The topological polar surface area (TPSA) is 57.0 Å². The van der Waals surface area contributed by atoms with E-state index in [2.05, 4.69) is 22.3 Å². The molecule has 0 radical (unpaired) electrons. The lowest BCUT2D eigenvalue weighted by molar-refractivity contribution is -0.137. The molecule has 0 atom stereocenters. The minimum Gasteiger partial charge on any atom is -0.468 e. The summed E-state index contributed by atoms with van der Waals surface area (Å²) in [6, 6.07) is 20.1. The van der Waals surface area contributed by atoms with Gasteiger partial charge in [0.15, 0.2) is 5.16 Å². The van der Waals surface area contributed by atoms with Crippen molar-refractivity contribution in [1.82, 2.24) is 14.8 Å². The number of esters is 1. The second-order valence-corrected chi connectivity index (χ2v) is 7.03. The molecule has 7 heteroatoms. The lowest BCUT2D eigenvalue weighted by Crippen LogP contribution is -2.06. The number of carbonyl (C=O) groups excluding carboxylic acids is 1. The van der Waals surface area contributed by atoms with Crippen LogP contribution in [0.3, 0.4) is 0 Å². The molecule has 0 aliphatic heterocycles. The Morgan fingerprint density at radius 2 is 1.68 bits per heavy atom. The van der Waals surface area contributed by atoms with Gasteiger partial charge in [0, 0.05) is 10.6 Å². The first kappa shape index (κ1) is 17.6. The van der Waals surface area contributed by atoms with E-state index in [0.29, 0.717) is 10.9 Å². The van der Waals surface area contributed by atoms with Crippen LogP contribution in [0.2, 0.25) is 0 Å². The van der Waals surface area contributed by atoms with Gasteiger partial charge in [0.2, 0.25) is 0 Å². The minimum absolute atomic E-state index is 0.202. The molecule has 3 rings (SSSR count). The van der Waals surface area contributed by atoms with Gasteiger partial charge in [-0.1, -0.05) is 48.2 Å². The van der Waals surface area contributed by atoms with Crippen LogP contribution in [0.4, 0.5) is 0 Å². The van der Waals surface area contributed by atoms with Gasteiger partial charge in [-0.3, -0.25) is 9.36 Å². The normalized spacial score (nSPS) is 10.6. The first-order valence-electron chi connectivity index (χ1n) is 7.65. The lowest BCUT2D eigenvalue weighted by Gasteiger charge is -2.09. The SMILES string of the molecule is COC(=O)CSc1nnc(CSc2ccccc2)n1-c1ccccc1. The highest BCUT2D eigenvalue weighted by molar-refractivity contribution is 7.99. The number of carbonyl (C=O) groups is 1.